The molecule has 0 aliphatic heterocycles. The van der Waals surface area contributed by atoms with Crippen LogP contribution in [0.1, 0.15) is 35.2 Å². The highest BCUT2D eigenvalue weighted by atomic mass is 35.5. The van der Waals surface area contributed by atoms with Crippen LogP contribution >= 0.6 is 12.4 Å². The lowest BCUT2D eigenvalue weighted by atomic mass is 10.0. The Labute approximate surface area is 150 Å². The van der Waals surface area contributed by atoms with E-state index in [9.17, 15) is 4.79 Å². The van der Waals surface area contributed by atoms with E-state index >= 15 is 0 Å². The van der Waals surface area contributed by atoms with Gasteiger partial charge in [0, 0.05) is 17.2 Å². The number of nitrogens with two attached hydrogens (primary N) is 1. The summed E-state index contributed by atoms with van der Waals surface area (Å²) in [5.41, 5.74) is 7.24. The van der Waals surface area contributed by atoms with Gasteiger partial charge in [-0.3, -0.25) is 4.79 Å². The first-order valence-corrected chi connectivity index (χ1v) is 8.01. The topological polar surface area (TPSA) is 73.6 Å². The lowest BCUT2D eigenvalue weighted by molar-refractivity contribution is 0.0928. The van der Waals surface area contributed by atoms with Crippen molar-refractivity contribution in [3.63, 3.8) is 0 Å². The van der Waals surface area contributed by atoms with Gasteiger partial charge in [-0.05, 0) is 43.9 Å². The van der Waals surface area contributed by atoms with Crippen molar-refractivity contribution in [2.75, 3.05) is 20.8 Å². The van der Waals surface area contributed by atoms with Crippen molar-refractivity contribution in [1.29, 1.82) is 0 Å². The highest BCUT2D eigenvalue weighted by molar-refractivity contribution is 5.95. The minimum Gasteiger partial charge on any atom is -0.493 e. The predicted molar refractivity (Wildman–Crippen MR) is 98.3 cm³/mol. The van der Waals surface area contributed by atoms with Crippen LogP contribution in [0.3, 0.4) is 0 Å². The van der Waals surface area contributed by atoms with Crippen molar-refractivity contribution in [3.8, 4) is 11.5 Å². The smallest absolute Gasteiger partial charge is 0.251 e. The monoisotopic (exact) mass is 354 g/mol. The number of benzene rings is 1. The minimum atomic E-state index is -0.0957. The van der Waals surface area contributed by atoms with Crippen molar-refractivity contribution in [2.45, 2.75) is 31.7 Å². The molecule has 0 aromatic heterocycles. The number of ether oxygens (including phenoxy) is 2. The maximum atomic E-state index is 12.6. The van der Waals surface area contributed by atoms with E-state index in [4.69, 9.17) is 15.2 Å². The summed E-state index contributed by atoms with van der Waals surface area (Å²) >= 11 is 0. The van der Waals surface area contributed by atoms with Crippen LogP contribution in [0.25, 0.3) is 0 Å². The third kappa shape index (κ3) is 4.42. The van der Waals surface area contributed by atoms with Crippen molar-refractivity contribution in [1.82, 2.24) is 5.32 Å². The number of methoxy groups -OCH3 is 2. The Bertz CT molecular complexity index is 578. The van der Waals surface area contributed by atoms with Crippen LogP contribution in [0.15, 0.2) is 24.8 Å². The number of carbonyl (C=O) groups excluding carboxylic acids is 1. The molecule has 1 aliphatic rings. The van der Waals surface area contributed by atoms with Crippen molar-refractivity contribution in [2.24, 2.45) is 11.7 Å². The van der Waals surface area contributed by atoms with Crippen LogP contribution in [-0.4, -0.2) is 32.7 Å². The summed E-state index contributed by atoms with van der Waals surface area (Å²) in [6.45, 7) is 4.36. The van der Waals surface area contributed by atoms with Crippen molar-refractivity contribution < 1.29 is 14.3 Å². The molecule has 0 bridgehead atoms. The van der Waals surface area contributed by atoms with E-state index in [1.165, 1.54) is 0 Å². The Morgan fingerprint density at radius 2 is 2.12 bits per heavy atom. The lowest BCUT2D eigenvalue weighted by Gasteiger charge is -2.20. The number of rotatable bonds is 7. The molecule has 3 N–H and O–H groups in total. The van der Waals surface area contributed by atoms with Gasteiger partial charge in [0.1, 0.15) is 0 Å². The molecule has 2 rings (SSSR count). The molecule has 2 unspecified atom stereocenters. The maximum Gasteiger partial charge on any atom is 0.251 e. The summed E-state index contributed by atoms with van der Waals surface area (Å²) in [5.74, 6) is 1.47. The lowest BCUT2D eigenvalue weighted by Crippen LogP contribution is -2.39. The van der Waals surface area contributed by atoms with Gasteiger partial charge >= 0.3 is 0 Å². The van der Waals surface area contributed by atoms with E-state index in [1.807, 2.05) is 6.07 Å². The maximum absolute atomic E-state index is 12.6. The zero-order valence-electron chi connectivity index (χ0n) is 14.3. The molecule has 0 spiro atoms. The summed E-state index contributed by atoms with van der Waals surface area (Å²) in [7, 11) is 3.16. The van der Waals surface area contributed by atoms with Crippen LogP contribution in [-0.2, 0) is 6.42 Å². The van der Waals surface area contributed by atoms with Crippen LogP contribution in [0, 0.1) is 5.92 Å². The van der Waals surface area contributed by atoms with Gasteiger partial charge in [-0.25, -0.2) is 0 Å². The van der Waals surface area contributed by atoms with Gasteiger partial charge in [0.05, 0.1) is 14.2 Å². The van der Waals surface area contributed by atoms with Crippen molar-refractivity contribution in [3.05, 3.63) is 35.9 Å². The average molecular weight is 355 g/mol. The molecule has 1 saturated carbocycles. The molecule has 1 aromatic rings. The van der Waals surface area contributed by atoms with E-state index in [0.717, 1.165) is 24.8 Å². The van der Waals surface area contributed by atoms with Gasteiger partial charge in [0.2, 0.25) is 0 Å². The average Bonchev–Trinajstić information content (AvgIpc) is 3.01. The SMILES string of the molecule is C=CCc1cc(C(=O)NC2CCCC2CN)cc(OC)c1OC.Cl. The fourth-order valence-electron chi connectivity index (χ4n) is 3.24. The molecule has 1 aliphatic carbocycles. The third-order valence-electron chi connectivity index (χ3n) is 4.46. The second-order valence-corrected chi connectivity index (χ2v) is 5.87. The standard InChI is InChI=1S/C18H26N2O3.ClH/c1-4-6-12-9-14(10-16(22-2)17(12)23-3)18(21)20-15-8-5-7-13(15)11-19;/h4,9-10,13,15H,1,5-8,11,19H2,2-3H3,(H,20,21);1H. The first kappa shape index (κ1) is 20.3. The molecule has 24 heavy (non-hydrogen) atoms. The first-order chi connectivity index (χ1) is 11.1. The zero-order chi connectivity index (χ0) is 16.8. The van der Waals surface area contributed by atoms with Gasteiger partial charge in [0.15, 0.2) is 11.5 Å². The number of hydrogen-bond donors (Lipinski definition) is 2. The number of amides is 1. The van der Waals surface area contributed by atoms with Gasteiger partial charge in [-0.2, -0.15) is 0 Å². The highest BCUT2D eigenvalue weighted by Crippen LogP contribution is 2.33. The summed E-state index contributed by atoms with van der Waals surface area (Å²) in [6.07, 6.45) is 5.56. The molecule has 134 valence electrons. The number of halogens is 1. The van der Waals surface area contributed by atoms with Gasteiger partial charge in [0.25, 0.3) is 5.91 Å². The minimum absolute atomic E-state index is 0. The third-order valence-corrected chi connectivity index (χ3v) is 4.46. The predicted octanol–water partition coefficient (Wildman–Crippen LogP) is 2.71. The van der Waals surface area contributed by atoms with E-state index in [-0.39, 0.29) is 24.4 Å². The van der Waals surface area contributed by atoms with Crippen LogP contribution in [0.4, 0.5) is 0 Å². The van der Waals surface area contributed by atoms with Crippen LogP contribution < -0.4 is 20.5 Å². The molecule has 5 nitrogen and oxygen atoms in total. The Morgan fingerprint density at radius 1 is 1.38 bits per heavy atom. The number of allylic oxidation sites excluding steroid dienone is 1. The largest absolute Gasteiger partial charge is 0.493 e. The van der Waals surface area contributed by atoms with Crippen LogP contribution in [0.5, 0.6) is 11.5 Å². The van der Waals surface area contributed by atoms with E-state index in [1.54, 1.807) is 26.4 Å². The number of nitrogens with one attached hydrogen (secondary N) is 1. The Balaban J connectivity index is 0.00000288. The zero-order valence-corrected chi connectivity index (χ0v) is 15.2. The van der Waals surface area contributed by atoms with E-state index in [0.29, 0.717) is 35.9 Å². The molecule has 0 radical (unpaired) electrons. The van der Waals surface area contributed by atoms with Gasteiger partial charge < -0.3 is 20.5 Å². The van der Waals surface area contributed by atoms with E-state index < -0.39 is 0 Å². The summed E-state index contributed by atoms with van der Waals surface area (Å²) in [6, 6.07) is 3.71. The quantitative estimate of drug-likeness (QED) is 0.738. The Hall–Kier alpha value is -1.72. The molecule has 1 fully saturated rings. The Morgan fingerprint density at radius 3 is 2.71 bits per heavy atom. The van der Waals surface area contributed by atoms with Gasteiger partial charge in [-0.1, -0.05) is 12.5 Å². The number of hydrogen-bond acceptors (Lipinski definition) is 4. The van der Waals surface area contributed by atoms with Crippen molar-refractivity contribution >= 4 is 18.3 Å². The normalized spacial score (nSPS) is 19.3. The summed E-state index contributed by atoms with van der Waals surface area (Å²) in [4.78, 5) is 12.6. The summed E-state index contributed by atoms with van der Waals surface area (Å²) in [5, 5.41) is 3.11. The number of carbonyl (C=O) groups is 1. The van der Waals surface area contributed by atoms with E-state index in [2.05, 4.69) is 11.9 Å². The molecule has 1 amide bonds. The Kier molecular flexibility index (Phi) is 8.08. The molecule has 0 saturated heterocycles. The second-order valence-electron chi connectivity index (χ2n) is 5.87. The molecular weight excluding hydrogens is 328 g/mol. The summed E-state index contributed by atoms with van der Waals surface area (Å²) < 4.78 is 10.8. The van der Waals surface area contributed by atoms with Gasteiger partial charge in [-0.15, -0.1) is 19.0 Å². The molecule has 2 atom stereocenters. The first-order valence-electron chi connectivity index (χ1n) is 8.01. The molecule has 6 heteroatoms. The second kappa shape index (κ2) is 9.55. The highest BCUT2D eigenvalue weighted by Gasteiger charge is 2.28. The molecular formula is C18H27ClN2O3. The van der Waals surface area contributed by atoms with Crippen LogP contribution in [0.2, 0.25) is 0 Å². The molecule has 0 heterocycles. The fourth-order valence-corrected chi connectivity index (χ4v) is 3.24. The fraction of sp³-hybridized carbons (Fsp3) is 0.500. The molecule has 1 aromatic carbocycles.